The van der Waals surface area contributed by atoms with Crippen molar-refractivity contribution < 1.29 is 9.53 Å². The monoisotopic (exact) mass is 218 g/mol. The summed E-state index contributed by atoms with van der Waals surface area (Å²) in [6, 6.07) is 0. The highest BCUT2D eigenvalue weighted by Gasteiger charge is 2.61. The first-order valence-electron chi connectivity index (χ1n) is 6.59. The fourth-order valence-electron chi connectivity index (χ4n) is 5.30. The van der Waals surface area contributed by atoms with Crippen LogP contribution in [0.2, 0.25) is 0 Å². The maximum atomic E-state index is 11.1. The molecule has 0 radical (unpaired) electrons. The largest absolute Gasteiger partial charge is 0.462 e. The van der Waals surface area contributed by atoms with E-state index in [1.54, 1.807) is 6.92 Å². The van der Waals surface area contributed by atoms with Crippen molar-refractivity contribution in [2.24, 2.45) is 35.5 Å². The fourth-order valence-corrected chi connectivity index (χ4v) is 5.30. The summed E-state index contributed by atoms with van der Waals surface area (Å²) in [6.07, 6.45) is 8.97. The zero-order chi connectivity index (χ0) is 10.9. The number of rotatable bonds is 1. The van der Waals surface area contributed by atoms with Gasteiger partial charge in [-0.3, -0.25) is 4.79 Å². The van der Waals surface area contributed by atoms with Crippen molar-refractivity contribution in [1.29, 1.82) is 0 Å². The van der Waals surface area contributed by atoms with Crippen LogP contribution in [0.4, 0.5) is 0 Å². The van der Waals surface area contributed by atoms with E-state index >= 15 is 0 Å². The van der Waals surface area contributed by atoms with Gasteiger partial charge in [-0.15, -0.1) is 0 Å². The Morgan fingerprint density at radius 3 is 2.62 bits per heavy atom. The third kappa shape index (κ3) is 1.01. The fraction of sp³-hybridized carbons (Fsp3) is 0.786. The maximum Gasteiger partial charge on any atom is 0.302 e. The Kier molecular flexibility index (Phi) is 1.68. The first-order valence-corrected chi connectivity index (χ1v) is 6.59. The van der Waals surface area contributed by atoms with E-state index in [4.69, 9.17) is 4.74 Å². The number of hydrogen-bond donors (Lipinski definition) is 0. The highest BCUT2D eigenvalue weighted by molar-refractivity contribution is 5.66. The van der Waals surface area contributed by atoms with Crippen molar-refractivity contribution in [2.45, 2.75) is 32.3 Å². The lowest BCUT2D eigenvalue weighted by Gasteiger charge is -2.36. The van der Waals surface area contributed by atoms with E-state index in [2.05, 4.69) is 12.2 Å². The SMILES string of the molecule is CC(=O)O[C@@H]1C[C@@H]2C[C@@H]1[C@@H]1[C@@H]2[C@H]2C=C[C@H]1C2. The molecular formula is C14H18O2. The molecule has 86 valence electrons. The van der Waals surface area contributed by atoms with Gasteiger partial charge < -0.3 is 4.74 Å². The van der Waals surface area contributed by atoms with Crippen molar-refractivity contribution in [3.63, 3.8) is 0 Å². The van der Waals surface area contributed by atoms with Gasteiger partial charge in [0.1, 0.15) is 6.10 Å². The van der Waals surface area contributed by atoms with Gasteiger partial charge in [0.05, 0.1) is 0 Å². The molecule has 0 amide bonds. The summed E-state index contributed by atoms with van der Waals surface area (Å²) in [5.74, 6) is 4.89. The number of carbonyl (C=O) groups is 1. The average Bonchev–Trinajstić information content (AvgIpc) is 2.93. The molecule has 4 aliphatic rings. The Balaban J connectivity index is 1.61. The van der Waals surface area contributed by atoms with Crippen molar-refractivity contribution >= 4 is 5.97 Å². The van der Waals surface area contributed by atoms with Crippen LogP contribution in [0, 0.1) is 35.5 Å². The molecule has 4 bridgehead atoms. The van der Waals surface area contributed by atoms with Crippen LogP contribution in [0.15, 0.2) is 12.2 Å². The smallest absolute Gasteiger partial charge is 0.302 e. The first kappa shape index (κ1) is 9.26. The van der Waals surface area contributed by atoms with Gasteiger partial charge in [-0.1, -0.05) is 12.2 Å². The molecule has 2 nitrogen and oxygen atoms in total. The Hall–Kier alpha value is -0.790. The summed E-state index contributed by atoms with van der Waals surface area (Å²) in [5, 5.41) is 0. The minimum absolute atomic E-state index is 0.0900. The molecule has 0 saturated heterocycles. The number of esters is 1. The van der Waals surface area contributed by atoms with E-state index in [0.717, 1.165) is 36.0 Å². The molecule has 3 saturated carbocycles. The second-order valence-electron chi connectivity index (χ2n) is 6.15. The summed E-state index contributed by atoms with van der Waals surface area (Å²) < 4.78 is 5.50. The number of allylic oxidation sites excluding steroid dienone is 2. The summed E-state index contributed by atoms with van der Waals surface area (Å²) in [4.78, 5) is 11.1. The molecule has 16 heavy (non-hydrogen) atoms. The van der Waals surface area contributed by atoms with E-state index in [0.29, 0.717) is 5.92 Å². The van der Waals surface area contributed by atoms with Crippen LogP contribution in [0.3, 0.4) is 0 Å². The number of fused-ring (bicyclic) bond motifs is 9. The molecule has 2 heteroatoms. The topological polar surface area (TPSA) is 26.3 Å². The third-order valence-corrected chi connectivity index (χ3v) is 5.53. The minimum atomic E-state index is -0.0900. The van der Waals surface area contributed by atoms with Gasteiger partial charge in [0, 0.05) is 6.92 Å². The lowest BCUT2D eigenvalue weighted by atomic mass is 9.72. The van der Waals surface area contributed by atoms with Crippen molar-refractivity contribution in [3.05, 3.63) is 12.2 Å². The summed E-state index contributed by atoms with van der Waals surface area (Å²) >= 11 is 0. The molecule has 3 fully saturated rings. The summed E-state index contributed by atoms with van der Waals surface area (Å²) in [6.45, 7) is 1.55. The molecule has 4 aliphatic carbocycles. The average molecular weight is 218 g/mol. The van der Waals surface area contributed by atoms with E-state index in [-0.39, 0.29) is 12.1 Å². The van der Waals surface area contributed by atoms with Crippen LogP contribution in [-0.4, -0.2) is 12.1 Å². The molecule has 0 spiro atoms. The normalized spacial score (nSPS) is 55.7. The Morgan fingerprint density at radius 1 is 1.12 bits per heavy atom. The number of hydrogen-bond acceptors (Lipinski definition) is 2. The predicted octanol–water partition coefficient (Wildman–Crippen LogP) is 2.40. The predicted molar refractivity (Wildman–Crippen MR) is 59.5 cm³/mol. The molecule has 7 atom stereocenters. The van der Waals surface area contributed by atoms with Crippen LogP contribution < -0.4 is 0 Å². The second-order valence-corrected chi connectivity index (χ2v) is 6.15. The zero-order valence-electron chi connectivity index (χ0n) is 9.63. The third-order valence-electron chi connectivity index (χ3n) is 5.53. The molecule has 0 unspecified atom stereocenters. The van der Waals surface area contributed by atoms with Gasteiger partial charge in [0.25, 0.3) is 0 Å². The molecular weight excluding hydrogens is 200 g/mol. The molecule has 0 aliphatic heterocycles. The quantitative estimate of drug-likeness (QED) is 0.384. The van der Waals surface area contributed by atoms with E-state index in [1.807, 2.05) is 0 Å². The van der Waals surface area contributed by atoms with E-state index in [9.17, 15) is 4.79 Å². The van der Waals surface area contributed by atoms with Crippen molar-refractivity contribution in [3.8, 4) is 0 Å². The van der Waals surface area contributed by atoms with E-state index < -0.39 is 0 Å². The highest BCUT2D eigenvalue weighted by Crippen LogP contribution is 2.65. The van der Waals surface area contributed by atoms with Gasteiger partial charge in [0.2, 0.25) is 0 Å². The number of carbonyl (C=O) groups excluding carboxylic acids is 1. The summed E-state index contributed by atoms with van der Waals surface area (Å²) in [5.41, 5.74) is 0. The van der Waals surface area contributed by atoms with Crippen LogP contribution in [0.5, 0.6) is 0 Å². The molecule has 0 aromatic carbocycles. The molecule has 0 aromatic rings. The maximum absolute atomic E-state index is 11.1. The first-order chi connectivity index (χ1) is 7.74. The van der Waals surface area contributed by atoms with Gasteiger partial charge in [-0.05, 0) is 54.8 Å². The van der Waals surface area contributed by atoms with Crippen molar-refractivity contribution in [2.75, 3.05) is 0 Å². The van der Waals surface area contributed by atoms with Crippen molar-refractivity contribution in [1.82, 2.24) is 0 Å². The van der Waals surface area contributed by atoms with Gasteiger partial charge >= 0.3 is 5.97 Å². The highest BCUT2D eigenvalue weighted by atomic mass is 16.5. The van der Waals surface area contributed by atoms with E-state index in [1.165, 1.54) is 12.8 Å². The molecule has 0 heterocycles. The van der Waals surface area contributed by atoms with Crippen LogP contribution in [0.25, 0.3) is 0 Å². The standard InChI is InChI=1S/C14H18O2/c1-7(15)16-12-6-10-5-11(12)14-9-3-2-8(4-9)13(10)14/h2-3,8-14H,4-6H2,1H3/t8-,9-,10-,11-,12+,13+,14+/m0/s1. The van der Waals surface area contributed by atoms with Crippen LogP contribution in [0.1, 0.15) is 26.2 Å². The summed E-state index contributed by atoms with van der Waals surface area (Å²) in [7, 11) is 0. The van der Waals surface area contributed by atoms with Gasteiger partial charge in [-0.2, -0.15) is 0 Å². The molecule has 4 rings (SSSR count). The molecule has 0 aromatic heterocycles. The lowest BCUT2D eigenvalue weighted by Crippen LogP contribution is -2.35. The Morgan fingerprint density at radius 2 is 1.88 bits per heavy atom. The van der Waals surface area contributed by atoms with Gasteiger partial charge in [0.15, 0.2) is 0 Å². The second kappa shape index (κ2) is 2.91. The Labute approximate surface area is 96.0 Å². The minimum Gasteiger partial charge on any atom is -0.462 e. The molecule has 0 N–H and O–H groups in total. The lowest BCUT2D eigenvalue weighted by molar-refractivity contribution is -0.150. The van der Waals surface area contributed by atoms with Crippen LogP contribution in [-0.2, 0) is 9.53 Å². The Bertz CT molecular complexity index is 373. The number of ether oxygens (including phenoxy) is 1. The zero-order valence-corrected chi connectivity index (χ0v) is 9.63. The van der Waals surface area contributed by atoms with Crippen LogP contribution >= 0.6 is 0 Å². The van der Waals surface area contributed by atoms with Gasteiger partial charge in [-0.25, -0.2) is 0 Å².